The zero-order valence-electron chi connectivity index (χ0n) is 10.0. The third-order valence-electron chi connectivity index (χ3n) is 2.36. The fourth-order valence-corrected chi connectivity index (χ4v) is 1.77. The van der Waals surface area contributed by atoms with Crippen molar-refractivity contribution in [3.8, 4) is 0 Å². The Morgan fingerprint density at radius 1 is 1.62 bits per heavy atom. The molecule has 1 heterocycles. The summed E-state index contributed by atoms with van der Waals surface area (Å²) in [7, 11) is 1.75. The first-order valence-electron chi connectivity index (χ1n) is 5.41. The monoisotopic (exact) mass is 243 g/mol. The number of halogens is 1. The van der Waals surface area contributed by atoms with E-state index in [4.69, 9.17) is 11.6 Å². The van der Waals surface area contributed by atoms with Crippen molar-refractivity contribution in [2.75, 3.05) is 12.9 Å². The van der Waals surface area contributed by atoms with Crippen LogP contribution in [0.4, 0.5) is 0 Å². The number of aromatic nitrogens is 2. The highest BCUT2D eigenvalue weighted by Crippen LogP contribution is 2.08. The summed E-state index contributed by atoms with van der Waals surface area (Å²) in [5, 5.41) is 4.38. The minimum absolute atomic E-state index is 0.0252. The number of nitrogens with zero attached hydrogens (tertiary/aromatic N) is 3. The molecule has 0 N–H and O–H groups in total. The second-order valence-electron chi connectivity index (χ2n) is 3.88. The largest absolute Gasteiger partial charge is 0.339 e. The molecule has 0 aliphatic rings. The first kappa shape index (κ1) is 13.0. The molecule has 0 spiro atoms. The number of carbonyl (C=O) groups is 1. The molecule has 0 atom stereocenters. The van der Waals surface area contributed by atoms with Crippen LogP contribution in [0.2, 0.25) is 0 Å². The van der Waals surface area contributed by atoms with Gasteiger partial charge in [0.25, 0.3) is 0 Å². The summed E-state index contributed by atoms with van der Waals surface area (Å²) < 4.78 is 1.95. The fraction of sp³-hybridized carbons (Fsp3) is 0.636. The van der Waals surface area contributed by atoms with Crippen LogP contribution in [0.15, 0.2) is 6.07 Å². The highest BCUT2D eigenvalue weighted by atomic mass is 35.5. The minimum Gasteiger partial charge on any atom is -0.339 e. The predicted molar refractivity (Wildman–Crippen MR) is 64.4 cm³/mol. The average Bonchev–Trinajstić information content (AvgIpc) is 2.58. The Morgan fingerprint density at radius 2 is 2.31 bits per heavy atom. The van der Waals surface area contributed by atoms with Crippen LogP contribution in [0.3, 0.4) is 0 Å². The molecule has 0 aliphatic carbocycles. The van der Waals surface area contributed by atoms with E-state index < -0.39 is 0 Å². The van der Waals surface area contributed by atoms with Crippen molar-refractivity contribution in [1.82, 2.24) is 14.7 Å². The summed E-state index contributed by atoms with van der Waals surface area (Å²) in [5.74, 6) is -0.0409. The van der Waals surface area contributed by atoms with E-state index in [2.05, 4.69) is 12.0 Å². The molecule has 0 aromatic carbocycles. The molecule has 5 heteroatoms. The highest BCUT2D eigenvalue weighted by Gasteiger charge is 2.11. The third-order valence-corrected chi connectivity index (χ3v) is 2.59. The van der Waals surface area contributed by atoms with E-state index in [1.165, 1.54) is 0 Å². The van der Waals surface area contributed by atoms with E-state index in [1.54, 1.807) is 11.9 Å². The van der Waals surface area contributed by atoms with Gasteiger partial charge in [-0.05, 0) is 19.4 Å². The van der Waals surface area contributed by atoms with E-state index in [0.717, 1.165) is 24.4 Å². The standard InChI is InChI=1S/C11H18ClN3O/c1-4-5-15-10(6-9(2)13-15)8-14(3)11(16)7-12/h6H,4-5,7-8H2,1-3H3. The molecule has 16 heavy (non-hydrogen) atoms. The maximum Gasteiger partial charge on any atom is 0.237 e. The number of rotatable bonds is 5. The molecule has 0 radical (unpaired) electrons. The van der Waals surface area contributed by atoms with Crippen molar-refractivity contribution in [2.24, 2.45) is 0 Å². The number of hydrogen-bond donors (Lipinski definition) is 0. The van der Waals surface area contributed by atoms with Gasteiger partial charge in [-0.1, -0.05) is 6.92 Å². The topological polar surface area (TPSA) is 38.1 Å². The van der Waals surface area contributed by atoms with Crippen molar-refractivity contribution >= 4 is 17.5 Å². The molecule has 0 unspecified atom stereocenters. The predicted octanol–water partition coefficient (Wildman–Crippen LogP) is 1.80. The van der Waals surface area contributed by atoms with E-state index in [0.29, 0.717) is 6.54 Å². The van der Waals surface area contributed by atoms with Crippen LogP contribution in [0.25, 0.3) is 0 Å². The van der Waals surface area contributed by atoms with Crippen LogP contribution in [-0.4, -0.2) is 33.5 Å². The van der Waals surface area contributed by atoms with E-state index >= 15 is 0 Å². The molecule has 0 aliphatic heterocycles. The molecular formula is C11H18ClN3O. The summed E-state index contributed by atoms with van der Waals surface area (Å²) >= 11 is 5.51. The van der Waals surface area contributed by atoms with Gasteiger partial charge < -0.3 is 4.90 Å². The SMILES string of the molecule is CCCn1nc(C)cc1CN(C)C(=O)CCl. The van der Waals surface area contributed by atoms with Crippen molar-refractivity contribution in [1.29, 1.82) is 0 Å². The van der Waals surface area contributed by atoms with Gasteiger partial charge in [-0.2, -0.15) is 5.10 Å². The van der Waals surface area contributed by atoms with Gasteiger partial charge in [0.05, 0.1) is 17.9 Å². The number of aryl methyl sites for hydroxylation is 2. The zero-order valence-corrected chi connectivity index (χ0v) is 10.8. The molecule has 0 saturated carbocycles. The lowest BCUT2D eigenvalue weighted by molar-refractivity contribution is -0.127. The number of alkyl halides is 1. The second-order valence-corrected chi connectivity index (χ2v) is 4.15. The van der Waals surface area contributed by atoms with Crippen molar-refractivity contribution in [3.63, 3.8) is 0 Å². The maximum absolute atomic E-state index is 11.4. The van der Waals surface area contributed by atoms with Gasteiger partial charge in [0.1, 0.15) is 5.88 Å². The van der Waals surface area contributed by atoms with Crippen LogP contribution in [0, 0.1) is 6.92 Å². The summed E-state index contributed by atoms with van der Waals surface area (Å²) in [6.45, 7) is 5.51. The summed E-state index contributed by atoms with van der Waals surface area (Å²) in [6, 6.07) is 2.01. The van der Waals surface area contributed by atoms with E-state index in [1.807, 2.05) is 17.7 Å². The van der Waals surface area contributed by atoms with Crippen LogP contribution in [-0.2, 0) is 17.9 Å². The summed E-state index contributed by atoms with van der Waals surface area (Å²) in [4.78, 5) is 13.0. The van der Waals surface area contributed by atoms with Crippen LogP contribution in [0.5, 0.6) is 0 Å². The van der Waals surface area contributed by atoms with Crippen molar-refractivity contribution in [3.05, 3.63) is 17.5 Å². The molecule has 1 rings (SSSR count). The Balaban J connectivity index is 2.75. The van der Waals surface area contributed by atoms with Gasteiger partial charge in [-0.3, -0.25) is 9.48 Å². The molecule has 0 bridgehead atoms. The van der Waals surface area contributed by atoms with Crippen LogP contribution >= 0.6 is 11.6 Å². The first-order chi connectivity index (χ1) is 7.58. The number of carbonyl (C=O) groups excluding carboxylic acids is 1. The Kier molecular flexibility index (Phi) is 4.80. The molecule has 1 aromatic heterocycles. The van der Waals surface area contributed by atoms with E-state index in [-0.39, 0.29) is 11.8 Å². The lowest BCUT2D eigenvalue weighted by Crippen LogP contribution is -2.28. The number of amides is 1. The molecule has 0 fully saturated rings. The minimum atomic E-state index is -0.0661. The van der Waals surface area contributed by atoms with Crippen LogP contribution < -0.4 is 0 Å². The smallest absolute Gasteiger partial charge is 0.237 e. The van der Waals surface area contributed by atoms with Crippen molar-refractivity contribution in [2.45, 2.75) is 33.4 Å². The fourth-order valence-electron chi connectivity index (χ4n) is 1.56. The Bertz CT molecular complexity index is 362. The molecule has 90 valence electrons. The first-order valence-corrected chi connectivity index (χ1v) is 5.95. The Labute approximate surface area is 101 Å². The zero-order chi connectivity index (χ0) is 12.1. The summed E-state index contributed by atoms with van der Waals surface area (Å²) in [6.07, 6.45) is 1.03. The van der Waals surface area contributed by atoms with Gasteiger partial charge in [0.15, 0.2) is 0 Å². The molecule has 1 aromatic rings. The lowest BCUT2D eigenvalue weighted by Gasteiger charge is -2.16. The Hall–Kier alpha value is -1.03. The normalized spacial score (nSPS) is 10.5. The molecule has 1 amide bonds. The molecular weight excluding hydrogens is 226 g/mol. The Morgan fingerprint density at radius 3 is 2.88 bits per heavy atom. The average molecular weight is 244 g/mol. The second kappa shape index (κ2) is 5.89. The third kappa shape index (κ3) is 3.23. The van der Waals surface area contributed by atoms with Gasteiger partial charge in [0.2, 0.25) is 5.91 Å². The van der Waals surface area contributed by atoms with Gasteiger partial charge >= 0.3 is 0 Å². The highest BCUT2D eigenvalue weighted by molar-refractivity contribution is 6.27. The number of hydrogen-bond acceptors (Lipinski definition) is 2. The molecule has 4 nitrogen and oxygen atoms in total. The van der Waals surface area contributed by atoms with Crippen molar-refractivity contribution < 1.29 is 4.79 Å². The quantitative estimate of drug-likeness (QED) is 0.740. The summed E-state index contributed by atoms with van der Waals surface area (Å²) in [5.41, 5.74) is 2.04. The lowest BCUT2D eigenvalue weighted by atomic mass is 10.3. The van der Waals surface area contributed by atoms with Gasteiger partial charge in [-0.25, -0.2) is 0 Å². The van der Waals surface area contributed by atoms with Crippen LogP contribution in [0.1, 0.15) is 24.7 Å². The molecule has 0 saturated heterocycles. The van der Waals surface area contributed by atoms with E-state index in [9.17, 15) is 4.79 Å². The maximum atomic E-state index is 11.4. The van der Waals surface area contributed by atoms with Gasteiger partial charge in [0, 0.05) is 13.6 Å². The van der Waals surface area contributed by atoms with Gasteiger partial charge in [-0.15, -0.1) is 11.6 Å².